The summed E-state index contributed by atoms with van der Waals surface area (Å²) in [5, 5.41) is 18.0. The van der Waals surface area contributed by atoms with Crippen LogP contribution in [0.5, 0.6) is 5.75 Å². The van der Waals surface area contributed by atoms with Crippen molar-refractivity contribution in [2.24, 2.45) is 0 Å². The molecular weight excluding hydrogens is 248 g/mol. The molecule has 2 atom stereocenters. The minimum Gasteiger partial charge on any atom is -0.497 e. The Morgan fingerprint density at radius 1 is 1.32 bits per heavy atom. The molecule has 2 N–H and O–H groups in total. The van der Waals surface area contributed by atoms with Crippen LogP contribution < -0.4 is 4.74 Å². The first-order valence-electron chi connectivity index (χ1n) is 6.15. The Labute approximate surface area is 112 Å². The van der Waals surface area contributed by atoms with E-state index in [1.165, 1.54) is 0 Å². The normalized spacial score (nSPS) is 13.8. The van der Waals surface area contributed by atoms with Gasteiger partial charge in [-0.3, -0.25) is 4.79 Å². The molecule has 0 saturated carbocycles. The molecule has 0 radical (unpaired) electrons. The number of aliphatic carboxylic acids is 1. The molecule has 0 aromatic heterocycles. The number of aliphatic hydroxyl groups is 1. The quantitative estimate of drug-likeness (QED) is 0.752. The van der Waals surface area contributed by atoms with E-state index in [4.69, 9.17) is 14.6 Å². The van der Waals surface area contributed by atoms with Crippen LogP contribution in [0.2, 0.25) is 0 Å². The van der Waals surface area contributed by atoms with Gasteiger partial charge < -0.3 is 19.7 Å². The first kappa shape index (κ1) is 15.5. The van der Waals surface area contributed by atoms with Crippen LogP contribution in [-0.2, 0) is 16.1 Å². The van der Waals surface area contributed by atoms with E-state index in [0.717, 1.165) is 11.3 Å². The Bertz CT molecular complexity index is 387. The molecule has 2 unspecified atom stereocenters. The number of methoxy groups -OCH3 is 1. The lowest BCUT2D eigenvalue weighted by atomic mass is 10.1. The molecule has 106 valence electrons. The largest absolute Gasteiger partial charge is 0.497 e. The molecule has 1 aromatic carbocycles. The van der Waals surface area contributed by atoms with Crippen molar-refractivity contribution < 1.29 is 24.5 Å². The highest BCUT2D eigenvalue weighted by atomic mass is 16.5. The van der Waals surface area contributed by atoms with Crippen molar-refractivity contribution in [1.29, 1.82) is 0 Å². The smallest absolute Gasteiger partial charge is 0.305 e. The highest BCUT2D eigenvalue weighted by Gasteiger charge is 2.14. The molecule has 0 heterocycles. The monoisotopic (exact) mass is 268 g/mol. The lowest BCUT2D eigenvalue weighted by molar-refractivity contribution is -0.139. The number of hydrogen-bond acceptors (Lipinski definition) is 4. The highest BCUT2D eigenvalue weighted by molar-refractivity contribution is 5.67. The minimum absolute atomic E-state index is 0.198. The van der Waals surface area contributed by atoms with Gasteiger partial charge in [-0.25, -0.2) is 0 Å². The third-order valence-electron chi connectivity index (χ3n) is 2.71. The number of carboxylic acids is 1. The number of hydrogen-bond donors (Lipinski definition) is 2. The van der Waals surface area contributed by atoms with E-state index in [-0.39, 0.29) is 12.5 Å². The highest BCUT2D eigenvalue weighted by Crippen LogP contribution is 2.14. The zero-order valence-corrected chi connectivity index (χ0v) is 11.2. The zero-order valence-electron chi connectivity index (χ0n) is 11.2. The van der Waals surface area contributed by atoms with Crippen LogP contribution in [0.1, 0.15) is 25.3 Å². The topological polar surface area (TPSA) is 76.0 Å². The fourth-order valence-electron chi connectivity index (χ4n) is 1.70. The van der Waals surface area contributed by atoms with E-state index in [2.05, 4.69) is 0 Å². The molecule has 0 spiro atoms. The third kappa shape index (κ3) is 6.22. The van der Waals surface area contributed by atoms with Gasteiger partial charge in [-0.05, 0) is 31.0 Å². The number of aliphatic hydroxyl groups excluding tert-OH is 1. The van der Waals surface area contributed by atoms with Gasteiger partial charge in [-0.2, -0.15) is 0 Å². The van der Waals surface area contributed by atoms with Crippen LogP contribution in [0.15, 0.2) is 24.3 Å². The van der Waals surface area contributed by atoms with E-state index in [9.17, 15) is 9.90 Å². The number of rotatable bonds is 8. The van der Waals surface area contributed by atoms with Gasteiger partial charge in [0.2, 0.25) is 0 Å². The predicted molar refractivity (Wildman–Crippen MR) is 70.1 cm³/mol. The molecule has 0 saturated heterocycles. The summed E-state index contributed by atoms with van der Waals surface area (Å²) in [6.07, 6.45) is -1.02. The van der Waals surface area contributed by atoms with Crippen molar-refractivity contribution in [1.82, 2.24) is 0 Å². The van der Waals surface area contributed by atoms with E-state index < -0.39 is 12.1 Å². The Hall–Kier alpha value is -1.59. The average Bonchev–Trinajstić information content (AvgIpc) is 2.36. The molecule has 0 amide bonds. The minimum atomic E-state index is -1.00. The molecule has 0 aliphatic carbocycles. The van der Waals surface area contributed by atoms with Gasteiger partial charge in [0, 0.05) is 0 Å². The molecule has 5 heteroatoms. The summed E-state index contributed by atoms with van der Waals surface area (Å²) in [6, 6.07) is 7.50. The summed E-state index contributed by atoms with van der Waals surface area (Å²) in [5.74, 6) is -0.219. The summed E-state index contributed by atoms with van der Waals surface area (Å²) < 4.78 is 10.6. The van der Waals surface area contributed by atoms with Crippen molar-refractivity contribution in [2.45, 2.75) is 38.6 Å². The van der Waals surface area contributed by atoms with Crippen LogP contribution in [-0.4, -0.2) is 35.5 Å². The summed E-state index contributed by atoms with van der Waals surface area (Å²) in [4.78, 5) is 10.4. The third-order valence-corrected chi connectivity index (χ3v) is 2.71. The van der Waals surface area contributed by atoms with Crippen molar-refractivity contribution in [3.63, 3.8) is 0 Å². The van der Waals surface area contributed by atoms with Crippen LogP contribution in [0.4, 0.5) is 0 Å². The lowest BCUT2D eigenvalue weighted by Gasteiger charge is -2.16. The van der Waals surface area contributed by atoms with Gasteiger partial charge in [0.15, 0.2) is 0 Å². The van der Waals surface area contributed by atoms with E-state index >= 15 is 0 Å². The van der Waals surface area contributed by atoms with E-state index in [1.54, 1.807) is 7.11 Å². The summed E-state index contributed by atoms with van der Waals surface area (Å²) in [7, 11) is 1.61. The molecule has 19 heavy (non-hydrogen) atoms. The molecule has 1 aromatic rings. The average molecular weight is 268 g/mol. The second-order valence-electron chi connectivity index (χ2n) is 4.46. The van der Waals surface area contributed by atoms with Gasteiger partial charge in [0.1, 0.15) is 5.75 Å². The molecule has 0 aliphatic rings. The second kappa shape index (κ2) is 7.76. The molecule has 0 bridgehead atoms. The molecule has 5 nitrogen and oxygen atoms in total. The Kier molecular flexibility index (Phi) is 6.32. The van der Waals surface area contributed by atoms with Crippen molar-refractivity contribution in [3.05, 3.63) is 29.8 Å². The van der Waals surface area contributed by atoms with Crippen molar-refractivity contribution in [2.75, 3.05) is 7.11 Å². The SMILES string of the molecule is COc1ccc(COC(C)CC(O)CC(=O)O)cc1. The Morgan fingerprint density at radius 3 is 2.47 bits per heavy atom. The second-order valence-corrected chi connectivity index (χ2v) is 4.46. The number of benzene rings is 1. The molecule has 1 rings (SSSR count). The number of ether oxygens (including phenoxy) is 2. The fraction of sp³-hybridized carbons (Fsp3) is 0.500. The standard InChI is InChI=1S/C14H20O5/c1-10(7-12(15)8-14(16)17)19-9-11-3-5-13(18-2)6-4-11/h3-6,10,12,15H,7-9H2,1-2H3,(H,16,17). The Morgan fingerprint density at radius 2 is 1.95 bits per heavy atom. The van der Waals surface area contributed by atoms with Crippen LogP contribution in [0.25, 0.3) is 0 Å². The molecule has 0 fully saturated rings. The van der Waals surface area contributed by atoms with E-state index in [0.29, 0.717) is 13.0 Å². The maximum atomic E-state index is 10.4. The van der Waals surface area contributed by atoms with Crippen molar-refractivity contribution in [3.8, 4) is 5.75 Å². The zero-order chi connectivity index (χ0) is 14.3. The molecular formula is C14H20O5. The van der Waals surface area contributed by atoms with Gasteiger partial charge in [-0.15, -0.1) is 0 Å². The first-order chi connectivity index (χ1) is 9.01. The molecule has 0 aliphatic heterocycles. The van der Waals surface area contributed by atoms with Gasteiger partial charge in [0.05, 0.1) is 32.3 Å². The van der Waals surface area contributed by atoms with Crippen molar-refractivity contribution >= 4 is 5.97 Å². The predicted octanol–water partition coefficient (Wildman–Crippen LogP) is 1.83. The maximum absolute atomic E-state index is 10.4. The first-order valence-corrected chi connectivity index (χ1v) is 6.15. The summed E-state index contributed by atoms with van der Waals surface area (Å²) in [6.45, 7) is 2.24. The fourth-order valence-corrected chi connectivity index (χ4v) is 1.70. The van der Waals surface area contributed by atoms with Gasteiger partial charge in [-0.1, -0.05) is 12.1 Å². The van der Waals surface area contributed by atoms with Crippen LogP contribution in [0, 0.1) is 0 Å². The summed E-state index contributed by atoms with van der Waals surface area (Å²) >= 11 is 0. The number of carboxylic acid groups (broad SMARTS) is 1. The van der Waals surface area contributed by atoms with Gasteiger partial charge in [0.25, 0.3) is 0 Å². The van der Waals surface area contributed by atoms with E-state index in [1.807, 2.05) is 31.2 Å². The summed E-state index contributed by atoms with van der Waals surface area (Å²) in [5.41, 5.74) is 1.00. The lowest BCUT2D eigenvalue weighted by Crippen LogP contribution is -2.20. The van der Waals surface area contributed by atoms with Crippen LogP contribution in [0.3, 0.4) is 0 Å². The van der Waals surface area contributed by atoms with Crippen LogP contribution >= 0.6 is 0 Å². The Balaban J connectivity index is 2.32. The van der Waals surface area contributed by atoms with Gasteiger partial charge >= 0.3 is 5.97 Å². The number of carbonyl (C=O) groups is 1. The maximum Gasteiger partial charge on any atom is 0.305 e.